The van der Waals surface area contributed by atoms with Crippen LogP contribution in [0.15, 0.2) is 60.7 Å². The number of rotatable bonds is 6. The van der Waals surface area contributed by atoms with Crippen LogP contribution in [0.5, 0.6) is 5.75 Å². The van der Waals surface area contributed by atoms with Crippen LogP contribution in [0.25, 0.3) is 10.8 Å². The Bertz CT molecular complexity index is 886. The molecule has 0 aliphatic carbocycles. The lowest BCUT2D eigenvalue weighted by Crippen LogP contribution is -2.29. The molecule has 0 saturated carbocycles. The van der Waals surface area contributed by atoms with E-state index >= 15 is 0 Å². The Hall–Kier alpha value is -2.81. The van der Waals surface area contributed by atoms with Crippen molar-refractivity contribution in [1.29, 1.82) is 0 Å². The van der Waals surface area contributed by atoms with Gasteiger partial charge in [-0.15, -0.1) is 0 Å². The predicted octanol–water partition coefficient (Wildman–Crippen LogP) is 4.19. The zero-order valence-electron chi connectivity index (χ0n) is 14.7. The Morgan fingerprint density at radius 2 is 1.72 bits per heavy atom. The minimum atomic E-state index is 0.0189. The SMILES string of the molecule is Cc1ccc(CC(=O)NCCOc2ccc3ccccc3c2)cc1C. The van der Waals surface area contributed by atoms with E-state index in [9.17, 15) is 4.79 Å². The molecule has 3 rings (SSSR count). The zero-order valence-corrected chi connectivity index (χ0v) is 14.7. The number of fused-ring (bicyclic) bond motifs is 1. The third kappa shape index (κ3) is 4.60. The molecule has 1 amide bonds. The molecule has 3 aromatic carbocycles. The molecule has 0 aromatic heterocycles. The summed E-state index contributed by atoms with van der Waals surface area (Å²) in [5, 5.41) is 5.25. The molecule has 25 heavy (non-hydrogen) atoms. The Morgan fingerprint density at radius 1 is 0.920 bits per heavy atom. The zero-order chi connectivity index (χ0) is 17.6. The number of hydrogen-bond acceptors (Lipinski definition) is 2. The lowest BCUT2D eigenvalue weighted by atomic mass is 10.0. The topological polar surface area (TPSA) is 38.3 Å². The fourth-order valence-electron chi connectivity index (χ4n) is 2.78. The smallest absolute Gasteiger partial charge is 0.224 e. The summed E-state index contributed by atoms with van der Waals surface area (Å²) in [5.41, 5.74) is 3.49. The van der Waals surface area contributed by atoms with E-state index in [2.05, 4.69) is 43.4 Å². The van der Waals surface area contributed by atoms with E-state index in [-0.39, 0.29) is 5.91 Å². The third-order valence-electron chi connectivity index (χ3n) is 4.35. The second-order valence-electron chi connectivity index (χ2n) is 6.30. The molecule has 3 heteroatoms. The number of amides is 1. The van der Waals surface area contributed by atoms with Crippen molar-refractivity contribution in [2.24, 2.45) is 0 Å². The van der Waals surface area contributed by atoms with E-state index in [1.54, 1.807) is 0 Å². The van der Waals surface area contributed by atoms with Crippen molar-refractivity contribution in [2.45, 2.75) is 20.3 Å². The summed E-state index contributed by atoms with van der Waals surface area (Å²) in [5.74, 6) is 0.840. The molecule has 0 unspecified atom stereocenters. The molecule has 0 aliphatic rings. The fraction of sp³-hybridized carbons (Fsp3) is 0.227. The van der Waals surface area contributed by atoms with E-state index in [0.29, 0.717) is 19.6 Å². The summed E-state index contributed by atoms with van der Waals surface area (Å²) in [6.45, 7) is 5.09. The molecular weight excluding hydrogens is 310 g/mol. The highest BCUT2D eigenvalue weighted by atomic mass is 16.5. The number of carbonyl (C=O) groups is 1. The molecule has 0 aliphatic heterocycles. The highest BCUT2D eigenvalue weighted by Gasteiger charge is 2.04. The lowest BCUT2D eigenvalue weighted by Gasteiger charge is -2.09. The van der Waals surface area contributed by atoms with E-state index in [0.717, 1.165) is 16.7 Å². The summed E-state index contributed by atoms with van der Waals surface area (Å²) in [6, 6.07) is 20.3. The largest absolute Gasteiger partial charge is 0.492 e. The van der Waals surface area contributed by atoms with E-state index in [1.807, 2.05) is 36.4 Å². The van der Waals surface area contributed by atoms with Crippen LogP contribution in [-0.2, 0) is 11.2 Å². The predicted molar refractivity (Wildman–Crippen MR) is 102 cm³/mol. The summed E-state index contributed by atoms with van der Waals surface area (Å²) >= 11 is 0. The quantitative estimate of drug-likeness (QED) is 0.687. The van der Waals surface area contributed by atoms with Gasteiger partial charge in [-0.2, -0.15) is 0 Å². The minimum absolute atomic E-state index is 0.0189. The van der Waals surface area contributed by atoms with E-state index < -0.39 is 0 Å². The van der Waals surface area contributed by atoms with Gasteiger partial charge in [0.1, 0.15) is 12.4 Å². The van der Waals surface area contributed by atoms with E-state index in [1.165, 1.54) is 16.5 Å². The first-order chi connectivity index (χ1) is 12.1. The van der Waals surface area contributed by atoms with Gasteiger partial charge in [0.2, 0.25) is 5.91 Å². The fourth-order valence-corrected chi connectivity index (χ4v) is 2.78. The van der Waals surface area contributed by atoms with Gasteiger partial charge < -0.3 is 10.1 Å². The van der Waals surface area contributed by atoms with Crippen LogP contribution in [0.3, 0.4) is 0 Å². The van der Waals surface area contributed by atoms with Gasteiger partial charge >= 0.3 is 0 Å². The average Bonchev–Trinajstić information content (AvgIpc) is 2.62. The van der Waals surface area contributed by atoms with Gasteiger partial charge in [-0.05, 0) is 53.4 Å². The second kappa shape index (κ2) is 7.84. The maximum absolute atomic E-state index is 12.0. The maximum Gasteiger partial charge on any atom is 0.224 e. The van der Waals surface area contributed by atoms with Crippen molar-refractivity contribution < 1.29 is 9.53 Å². The minimum Gasteiger partial charge on any atom is -0.492 e. The molecule has 3 aromatic rings. The molecule has 0 spiro atoms. The Balaban J connectivity index is 1.45. The van der Waals surface area contributed by atoms with Gasteiger partial charge in [0.05, 0.1) is 13.0 Å². The summed E-state index contributed by atoms with van der Waals surface area (Å²) in [6.07, 6.45) is 0.400. The standard InChI is InChI=1S/C22H23NO2/c1-16-7-8-18(13-17(16)2)14-22(24)23-11-12-25-21-10-9-19-5-3-4-6-20(19)15-21/h3-10,13,15H,11-12,14H2,1-2H3,(H,23,24). The molecule has 0 bridgehead atoms. The summed E-state index contributed by atoms with van der Waals surface area (Å²) in [4.78, 5) is 12.0. The molecule has 128 valence electrons. The first-order valence-electron chi connectivity index (χ1n) is 8.56. The normalized spacial score (nSPS) is 10.6. The molecule has 0 fully saturated rings. The van der Waals surface area contributed by atoms with Crippen molar-refractivity contribution in [3.05, 3.63) is 77.4 Å². The van der Waals surface area contributed by atoms with Gasteiger partial charge in [0, 0.05) is 0 Å². The molecular formula is C22H23NO2. The average molecular weight is 333 g/mol. The van der Waals surface area contributed by atoms with Gasteiger partial charge in [0.15, 0.2) is 0 Å². The summed E-state index contributed by atoms with van der Waals surface area (Å²) in [7, 11) is 0. The molecule has 0 heterocycles. The molecule has 0 atom stereocenters. The van der Waals surface area contributed by atoms with Crippen molar-refractivity contribution >= 4 is 16.7 Å². The highest BCUT2D eigenvalue weighted by molar-refractivity contribution is 5.83. The van der Waals surface area contributed by atoms with Crippen LogP contribution < -0.4 is 10.1 Å². The Kier molecular flexibility index (Phi) is 5.34. The lowest BCUT2D eigenvalue weighted by molar-refractivity contribution is -0.120. The number of nitrogens with one attached hydrogen (secondary N) is 1. The number of benzene rings is 3. The Morgan fingerprint density at radius 3 is 2.52 bits per heavy atom. The first-order valence-corrected chi connectivity index (χ1v) is 8.56. The van der Waals surface area contributed by atoms with Crippen molar-refractivity contribution in [3.63, 3.8) is 0 Å². The number of aryl methyl sites for hydroxylation is 2. The monoisotopic (exact) mass is 333 g/mol. The number of ether oxygens (including phenoxy) is 1. The van der Waals surface area contributed by atoms with Crippen LogP contribution in [0, 0.1) is 13.8 Å². The molecule has 0 saturated heterocycles. The molecule has 0 radical (unpaired) electrons. The van der Waals surface area contributed by atoms with Crippen molar-refractivity contribution in [3.8, 4) is 5.75 Å². The number of hydrogen-bond donors (Lipinski definition) is 1. The van der Waals surface area contributed by atoms with Crippen LogP contribution in [-0.4, -0.2) is 19.1 Å². The third-order valence-corrected chi connectivity index (χ3v) is 4.35. The van der Waals surface area contributed by atoms with Crippen LogP contribution in [0.4, 0.5) is 0 Å². The number of carbonyl (C=O) groups excluding carboxylic acids is 1. The molecule has 1 N–H and O–H groups in total. The summed E-state index contributed by atoms with van der Waals surface area (Å²) < 4.78 is 5.73. The van der Waals surface area contributed by atoms with Crippen molar-refractivity contribution in [2.75, 3.05) is 13.2 Å². The molecule has 3 nitrogen and oxygen atoms in total. The van der Waals surface area contributed by atoms with Gasteiger partial charge in [-0.1, -0.05) is 48.5 Å². The van der Waals surface area contributed by atoms with Crippen molar-refractivity contribution in [1.82, 2.24) is 5.32 Å². The highest BCUT2D eigenvalue weighted by Crippen LogP contribution is 2.20. The van der Waals surface area contributed by atoms with Gasteiger partial charge in [-0.25, -0.2) is 0 Å². The first kappa shape index (κ1) is 17.0. The van der Waals surface area contributed by atoms with Gasteiger partial charge in [0.25, 0.3) is 0 Å². The van der Waals surface area contributed by atoms with E-state index in [4.69, 9.17) is 4.74 Å². The van der Waals surface area contributed by atoms with Gasteiger partial charge in [-0.3, -0.25) is 4.79 Å². The van der Waals surface area contributed by atoms with Crippen LogP contribution in [0.1, 0.15) is 16.7 Å². The van der Waals surface area contributed by atoms with Crippen LogP contribution >= 0.6 is 0 Å². The van der Waals surface area contributed by atoms with Crippen LogP contribution in [0.2, 0.25) is 0 Å². The second-order valence-corrected chi connectivity index (χ2v) is 6.30. The Labute approximate surface area is 148 Å². The maximum atomic E-state index is 12.0.